The lowest BCUT2D eigenvalue weighted by molar-refractivity contribution is -0.121. The summed E-state index contributed by atoms with van der Waals surface area (Å²) in [7, 11) is 0. The molecule has 0 aromatic carbocycles. The van der Waals surface area contributed by atoms with Gasteiger partial charge in [0.1, 0.15) is 0 Å². The van der Waals surface area contributed by atoms with E-state index in [0.29, 0.717) is 19.5 Å². The van der Waals surface area contributed by atoms with Crippen LogP contribution in [-0.2, 0) is 4.79 Å². The number of nitrogens with one attached hydrogen (secondary N) is 2. The quantitative estimate of drug-likeness (QED) is 0.302. The number of carbonyl (C=O) groups is 1. The lowest BCUT2D eigenvalue weighted by atomic mass is 9.99. The highest BCUT2D eigenvalue weighted by molar-refractivity contribution is 5.75. The van der Waals surface area contributed by atoms with Gasteiger partial charge in [-0.15, -0.1) is 0 Å². The molecule has 0 aromatic heterocycles. The van der Waals surface area contributed by atoms with Crippen molar-refractivity contribution in [3.8, 4) is 0 Å². The largest absolute Gasteiger partial charge is 0.355 e. The van der Waals surface area contributed by atoms with Gasteiger partial charge in [-0.25, -0.2) is 0 Å². The zero-order chi connectivity index (χ0) is 12.2. The van der Waals surface area contributed by atoms with Crippen LogP contribution in [0.3, 0.4) is 0 Å². The van der Waals surface area contributed by atoms with Crippen molar-refractivity contribution in [3.05, 3.63) is 0 Å². The van der Waals surface area contributed by atoms with Crippen LogP contribution in [0.15, 0.2) is 0 Å². The van der Waals surface area contributed by atoms with Crippen molar-refractivity contribution in [2.24, 2.45) is 11.8 Å². The smallest absolute Gasteiger partial charge is 0.220 e. The highest BCUT2D eigenvalue weighted by atomic mass is 16.1. The number of hydrazine groups is 1. The zero-order valence-corrected chi connectivity index (χ0v) is 10.7. The maximum Gasteiger partial charge on any atom is 0.220 e. The van der Waals surface area contributed by atoms with E-state index in [1.165, 1.54) is 19.3 Å². The topological polar surface area (TPSA) is 67.2 Å². The molecule has 0 aliphatic heterocycles. The van der Waals surface area contributed by atoms with Crippen LogP contribution in [0.1, 0.15) is 52.4 Å². The molecule has 0 saturated carbocycles. The summed E-state index contributed by atoms with van der Waals surface area (Å²) in [5.41, 5.74) is 2.50. The lowest BCUT2D eigenvalue weighted by Crippen LogP contribution is -2.34. The molecule has 0 aromatic rings. The van der Waals surface area contributed by atoms with E-state index in [2.05, 4.69) is 24.6 Å². The first-order valence-corrected chi connectivity index (χ1v) is 6.40. The maximum absolute atomic E-state index is 11.3. The molecule has 0 spiro atoms. The number of nitrogens with two attached hydrogens (primary N) is 1. The number of unbranched alkanes of at least 4 members (excludes halogenated alkanes) is 1. The van der Waals surface area contributed by atoms with Gasteiger partial charge in [-0.1, -0.05) is 39.5 Å². The molecule has 1 atom stereocenters. The molecule has 0 fully saturated rings. The summed E-state index contributed by atoms with van der Waals surface area (Å²) < 4.78 is 0. The van der Waals surface area contributed by atoms with Crippen LogP contribution in [0.5, 0.6) is 0 Å². The molecule has 4 heteroatoms. The molecule has 0 aliphatic carbocycles. The van der Waals surface area contributed by atoms with Gasteiger partial charge >= 0.3 is 0 Å². The van der Waals surface area contributed by atoms with Gasteiger partial charge in [-0.3, -0.25) is 16.1 Å². The van der Waals surface area contributed by atoms with E-state index in [1.54, 1.807) is 0 Å². The molecule has 96 valence electrons. The Hall–Kier alpha value is -0.610. The standard InChI is InChI=1S/C12H27N3O/c1-3-6-11(2)7-4-5-8-12(16)14-9-10-15-13/h11,15H,3-10,13H2,1-2H3,(H,14,16). The van der Waals surface area contributed by atoms with Crippen molar-refractivity contribution >= 4 is 5.91 Å². The Morgan fingerprint density at radius 3 is 2.62 bits per heavy atom. The van der Waals surface area contributed by atoms with E-state index in [-0.39, 0.29) is 5.91 Å². The Labute approximate surface area is 99.3 Å². The van der Waals surface area contributed by atoms with Crippen molar-refractivity contribution in [3.63, 3.8) is 0 Å². The predicted molar refractivity (Wildman–Crippen MR) is 67.7 cm³/mol. The van der Waals surface area contributed by atoms with Crippen molar-refractivity contribution in [1.82, 2.24) is 10.7 Å². The number of carbonyl (C=O) groups excluding carboxylic acids is 1. The average Bonchev–Trinajstić information content (AvgIpc) is 2.25. The molecule has 16 heavy (non-hydrogen) atoms. The van der Waals surface area contributed by atoms with Crippen LogP contribution < -0.4 is 16.6 Å². The Bertz CT molecular complexity index is 174. The third-order valence-electron chi connectivity index (χ3n) is 2.72. The first-order chi connectivity index (χ1) is 7.70. The molecule has 1 amide bonds. The fourth-order valence-corrected chi connectivity index (χ4v) is 1.78. The van der Waals surface area contributed by atoms with Gasteiger partial charge in [0.2, 0.25) is 5.91 Å². The first kappa shape index (κ1) is 15.4. The van der Waals surface area contributed by atoms with Gasteiger partial charge in [-0.2, -0.15) is 0 Å². The second-order valence-electron chi connectivity index (χ2n) is 4.44. The highest BCUT2D eigenvalue weighted by Crippen LogP contribution is 2.14. The minimum atomic E-state index is 0.137. The fourth-order valence-electron chi connectivity index (χ4n) is 1.78. The molecule has 1 unspecified atom stereocenters. The monoisotopic (exact) mass is 229 g/mol. The SMILES string of the molecule is CCCC(C)CCCCC(=O)NCCNN. The summed E-state index contributed by atoms with van der Waals surface area (Å²) >= 11 is 0. The third kappa shape index (κ3) is 9.93. The summed E-state index contributed by atoms with van der Waals surface area (Å²) in [6, 6.07) is 0. The average molecular weight is 229 g/mol. The van der Waals surface area contributed by atoms with Gasteiger partial charge in [0.25, 0.3) is 0 Å². The van der Waals surface area contributed by atoms with E-state index in [4.69, 9.17) is 5.84 Å². The molecule has 0 bridgehead atoms. The van der Waals surface area contributed by atoms with E-state index >= 15 is 0 Å². The number of hydrogen-bond donors (Lipinski definition) is 3. The number of rotatable bonds is 10. The minimum absolute atomic E-state index is 0.137. The van der Waals surface area contributed by atoms with Crippen LogP contribution in [0, 0.1) is 5.92 Å². The van der Waals surface area contributed by atoms with Crippen LogP contribution >= 0.6 is 0 Å². The number of hydrogen-bond acceptors (Lipinski definition) is 3. The van der Waals surface area contributed by atoms with Gasteiger partial charge in [0, 0.05) is 19.5 Å². The molecular formula is C12H27N3O. The van der Waals surface area contributed by atoms with Gasteiger partial charge in [0.05, 0.1) is 0 Å². The summed E-state index contributed by atoms with van der Waals surface area (Å²) in [4.78, 5) is 11.3. The second-order valence-corrected chi connectivity index (χ2v) is 4.44. The minimum Gasteiger partial charge on any atom is -0.355 e. The molecule has 4 nitrogen and oxygen atoms in total. The molecule has 0 saturated heterocycles. The van der Waals surface area contributed by atoms with Crippen molar-refractivity contribution < 1.29 is 4.79 Å². The summed E-state index contributed by atoms with van der Waals surface area (Å²) in [5.74, 6) is 6.03. The van der Waals surface area contributed by atoms with E-state index < -0.39 is 0 Å². The predicted octanol–water partition coefficient (Wildman–Crippen LogP) is 1.56. The fraction of sp³-hybridized carbons (Fsp3) is 0.917. The Morgan fingerprint density at radius 1 is 1.25 bits per heavy atom. The van der Waals surface area contributed by atoms with Gasteiger partial charge in [0.15, 0.2) is 0 Å². The molecule has 4 N–H and O–H groups in total. The third-order valence-corrected chi connectivity index (χ3v) is 2.72. The van der Waals surface area contributed by atoms with Crippen LogP contribution in [-0.4, -0.2) is 19.0 Å². The summed E-state index contributed by atoms with van der Waals surface area (Å²) in [6.07, 6.45) is 6.59. The van der Waals surface area contributed by atoms with Crippen molar-refractivity contribution in [2.75, 3.05) is 13.1 Å². The normalized spacial score (nSPS) is 12.4. The Kier molecular flexibility index (Phi) is 10.5. The van der Waals surface area contributed by atoms with Crippen LogP contribution in [0.2, 0.25) is 0 Å². The molecule has 0 heterocycles. The van der Waals surface area contributed by atoms with E-state index in [1.807, 2.05) is 0 Å². The lowest BCUT2D eigenvalue weighted by Gasteiger charge is -2.09. The Balaban J connectivity index is 3.27. The zero-order valence-electron chi connectivity index (χ0n) is 10.7. The molecular weight excluding hydrogens is 202 g/mol. The first-order valence-electron chi connectivity index (χ1n) is 6.40. The van der Waals surface area contributed by atoms with E-state index in [0.717, 1.165) is 18.8 Å². The molecule has 0 rings (SSSR count). The second kappa shape index (κ2) is 10.9. The Morgan fingerprint density at radius 2 is 2.00 bits per heavy atom. The number of amides is 1. The maximum atomic E-state index is 11.3. The highest BCUT2D eigenvalue weighted by Gasteiger charge is 2.03. The van der Waals surface area contributed by atoms with Crippen LogP contribution in [0.4, 0.5) is 0 Å². The van der Waals surface area contributed by atoms with Crippen molar-refractivity contribution in [1.29, 1.82) is 0 Å². The van der Waals surface area contributed by atoms with E-state index in [9.17, 15) is 4.79 Å². The van der Waals surface area contributed by atoms with Crippen molar-refractivity contribution in [2.45, 2.75) is 52.4 Å². The van der Waals surface area contributed by atoms with Crippen LogP contribution in [0.25, 0.3) is 0 Å². The molecule has 0 radical (unpaired) electrons. The summed E-state index contributed by atoms with van der Waals surface area (Å²) in [5, 5.41) is 2.82. The van der Waals surface area contributed by atoms with Gasteiger partial charge in [-0.05, 0) is 12.3 Å². The summed E-state index contributed by atoms with van der Waals surface area (Å²) in [6.45, 7) is 5.74. The molecule has 0 aliphatic rings. The van der Waals surface area contributed by atoms with Gasteiger partial charge < -0.3 is 5.32 Å².